The van der Waals surface area contributed by atoms with Crippen LogP contribution in [0.5, 0.6) is 5.75 Å². The molecule has 0 spiro atoms. The predicted octanol–water partition coefficient (Wildman–Crippen LogP) is 6.23. The van der Waals surface area contributed by atoms with Crippen LogP contribution in [0.15, 0.2) is 42.5 Å². The Morgan fingerprint density at radius 3 is 2.56 bits per heavy atom. The van der Waals surface area contributed by atoms with E-state index in [1.807, 2.05) is 50.2 Å². The van der Waals surface area contributed by atoms with E-state index in [2.05, 4.69) is 27.3 Å². The van der Waals surface area contributed by atoms with Crippen LogP contribution in [-0.2, 0) is 0 Å². The number of urea groups is 1. The van der Waals surface area contributed by atoms with E-state index < -0.39 is 0 Å². The molecule has 0 unspecified atom stereocenters. The molecule has 0 saturated heterocycles. The normalized spacial score (nSPS) is 13.8. The molecule has 1 fully saturated rings. The first-order valence-corrected chi connectivity index (χ1v) is 11.5. The number of nitriles is 1. The Hall–Kier alpha value is -3.46. The molecule has 6 heteroatoms. The summed E-state index contributed by atoms with van der Waals surface area (Å²) in [6, 6.07) is 16.4. The number of benzene rings is 2. The second-order valence-electron chi connectivity index (χ2n) is 8.21. The van der Waals surface area contributed by atoms with E-state index in [4.69, 9.17) is 4.74 Å². The van der Waals surface area contributed by atoms with Crippen molar-refractivity contribution in [2.45, 2.75) is 52.0 Å². The van der Waals surface area contributed by atoms with Crippen LogP contribution in [0, 0.1) is 11.3 Å². The van der Waals surface area contributed by atoms with Gasteiger partial charge in [-0.3, -0.25) is 0 Å². The first-order chi connectivity index (χ1) is 15.7. The molecule has 0 aliphatic heterocycles. The molecule has 1 aromatic heterocycles. The van der Waals surface area contributed by atoms with Gasteiger partial charge in [-0.05, 0) is 56.0 Å². The number of fused-ring (bicyclic) bond motifs is 1. The molecule has 3 aromatic rings. The molecule has 0 atom stereocenters. The van der Waals surface area contributed by atoms with Gasteiger partial charge in [0.05, 0.1) is 23.4 Å². The molecular formula is C26H30N4O2. The molecule has 4 rings (SSSR count). The number of hydrogen-bond donors (Lipinski definition) is 2. The van der Waals surface area contributed by atoms with E-state index in [0.717, 1.165) is 52.9 Å². The van der Waals surface area contributed by atoms with E-state index in [1.165, 1.54) is 12.8 Å². The number of ether oxygens (including phenoxy) is 1. The van der Waals surface area contributed by atoms with Gasteiger partial charge in [-0.2, -0.15) is 5.26 Å². The highest BCUT2D eigenvalue weighted by atomic mass is 16.5. The molecule has 1 saturated carbocycles. The van der Waals surface area contributed by atoms with Crippen molar-refractivity contribution < 1.29 is 9.53 Å². The standard InChI is InChI=1S/C26H30N4O2/c1-3-15-28-26(31)29-19-11-9-18(10-12-19)25-23(17-27)22-14-13-21(32-4-2)16-24(22)30(25)20-7-5-6-8-20/h9-14,16,20H,3-8,15H2,1-2H3,(H2,28,29,31). The van der Waals surface area contributed by atoms with Crippen LogP contribution in [0.4, 0.5) is 10.5 Å². The van der Waals surface area contributed by atoms with Gasteiger partial charge in [-0.15, -0.1) is 0 Å². The first-order valence-electron chi connectivity index (χ1n) is 11.5. The van der Waals surface area contributed by atoms with E-state index in [1.54, 1.807) is 0 Å². The van der Waals surface area contributed by atoms with Crippen molar-refractivity contribution >= 4 is 22.6 Å². The molecule has 1 aliphatic carbocycles. The van der Waals surface area contributed by atoms with Crippen molar-refractivity contribution in [3.05, 3.63) is 48.0 Å². The number of amides is 2. The van der Waals surface area contributed by atoms with Crippen LogP contribution in [0.1, 0.15) is 57.6 Å². The van der Waals surface area contributed by atoms with E-state index in [9.17, 15) is 10.1 Å². The lowest BCUT2D eigenvalue weighted by molar-refractivity contribution is 0.252. The molecule has 166 valence electrons. The molecule has 2 N–H and O–H groups in total. The van der Waals surface area contributed by atoms with Gasteiger partial charge in [-0.1, -0.05) is 31.9 Å². The molecule has 1 heterocycles. The van der Waals surface area contributed by atoms with Gasteiger partial charge >= 0.3 is 6.03 Å². The number of nitrogens with zero attached hydrogens (tertiary/aromatic N) is 2. The first kappa shape index (κ1) is 21.8. The minimum atomic E-state index is -0.208. The highest BCUT2D eigenvalue weighted by molar-refractivity contribution is 5.96. The van der Waals surface area contributed by atoms with Crippen molar-refractivity contribution in [1.29, 1.82) is 5.26 Å². The van der Waals surface area contributed by atoms with Crippen molar-refractivity contribution in [2.75, 3.05) is 18.5 Å². The summed E-state index contributed by atoms with van der Waals surface area (Å²) >= 11 is 0. The van der Waals surface area contributed by atoms with Crippen molar-refractivity contribution in [3.63, 3.8) is 0 Å². The van der Waals surface area contributed by atoms with Crippen molar-refractivity contribution in [3.8, 4) is 23.1 Å². The Morgan fingerprint density at radius 1 is 1.16 bits per heavy atom. The number of aromatic nitrogens is 1. The summed E-state index contributed by atoms with van der Waals surface area (Å²) in [5, 5.41) is 16.7. The number of anilines is 1. The lowest BCUT2D eigenvalue weighted by Crippen LogP contribution is -2.29. The third-order valence-corrected chi connectivity index (χ3v) is 6.04. The Morgan fingerprint density at radius 2 is 1.91 bits per heavy atom. The number of nitrogens with one attached hydrogen (secondary N) is 2. The number of carbonyl (C=O) groups is 1. The minimum absolute atomic E-state index is 0.208. The number of carbonyl (C=O) groups excluding carboxylic acids is 1. The summed E-state index contributed by atoms with van der Waals surface area (Å²) in [4.78, 5) is 12.0. The quantitative estimate of drug-likeness (QED) is 0.467. The average molecular weight is 431 g/mol. The summed E-state index contributed by atoms with van der Waals surface area (Å²) in [7, 11) is 0. The maximum atomic E-state index is 12.0. The molecule has 6 nitrogen and oxygen atoms in total. The van der Waals surface area contributed by atoms with Gasteiger partial charge in [0.1, 0.15) is 11.8 Å². The monoisotopic (exact) mass is 430 g/mol. The third kappa shape index (κ3) is 4.29. The minimum Gasteiger partial charge on any atom is -0.494 e. The maximum absolute atomic E-state index is 12.0. The fourth-order valence-electron chi connectivity index (χ4n) is 4.61. The Balaban J connectivity index is 1.78. The van der Waals surface area contributed by atoms with Gasteiger partial charge in [-0.25, -0.2) is 4.79 Å². The second-order valence-corrected chi connectivity index (χ2v) is 8.21. The maximum Gasteiger partial charge on any atom is 0.319 e. The molecule has 1 aliphatic rings. The van der Waals surface area contributed by atoms with Gasteiger partial charge in [0.2, 0.25) is 0 Å². The summed E-state index contributed by atoms with van der Waals surface area (Å²) in [6.45, 7) is 5.24. The summed E-state index contributed by atoms with van der Waals surface area (Å²) in [5.74, 6) is 0.824. The molecule has 0 bridgehead atoms. The zero-order chi connectivity index (χ0) is 22.5. The van der Waals surface area contributed by atoms with Gasteiger partial charge in [0.15, 0.2) is 0 Å². The Kier molecular flexibility index (Phi) is 6.65. The van der Waals surface area contributed by atoms with Crippen LogP contribution in [0.25, 0.3) is 22.2 Å². The van der Waals surface area contributed by atoms with Gasteiger partial charge in [0, 0.05) is 29.7 Å². The van der Waals surface area contributed by atoms with Crippen LogP contribution < -0.4 is 15.4 Å². The largest absolute Gasteiger partial charge is 0.494 e. The zero-order valence-corrected chi connectivity index (χ0v) is 18.8. The lowest BCUT2D eigenvalue weighted by Gasteiger charge is -2.19. The van der Waals surface area contributed by atoms with Gasteiger partial charge < -0.3 is 19.9 Å². The topological polar surface area (TPSA) is 79.1 Å². The second kappa shape index (κ2) is 9.78. The van der Waals surface area contributed by atoms with Crippen LogP contribution in [-0.4, -0.2) is 23.7 Å². The highest BCUT2D eigenvalue weighted by Crippen LogP contribution is 2.42. The Bertz CT molecular complexity index is 1140. The summed E-state index contributed by atoms with van der Waals surface area (Å²) in [6.07, 6.45) is 5.51. The molecule has 0 radical (unpaired) electrons. The molecular weight excluding hydrogens is 400 g/mol. The average Bonchev–Trinajstić information content (AvgIpc) is 3.44. The zero-order valence-electron chi connectivity index (χ0n) is 18.8. The third-order valence-electron chi connectivity index (χ3n) is 6.04. The SMILES string of the molecule is CCCNC(=O)Nc1ccc(-c2c(C#N)c3ccc(OCC)cc3n2C2CCCC2)cc1. The molecule has 2 aromatic carbocycles. The molecule has 2 amide bonds. The molecule has 32 heavy (non-hydrogen) atoms. The smallest absolute Gasteiger partial charge is 0.319 e. The number of rotatable bonds is 7. The van der Waals surface area contributed by atoms with E-state index >= 15 is 0 Å². The summed E-state index contributed by atoms with van der Waals surface area (Å²) < 4.78 is 8.11. The number of hydrogen-bond acceptors (Lipinski definition) is 3. The van der Waals surface area contributed by atoms with Crippen molar-refractivity contribution in [1.82, 2.24) is 9.88 Å². The predicted molar refractivity (Wildman–Crippen MR) is 128 cm³/mol. The summed E-state index contributed by atoms with van der Waals surface area (Å²) in [5.41, 5.74) is 4.39. The fraction of sp³-hybridized carbons (Fsp3) is 0.385. The van der Waals surface area contributed by atoms with E-state index in [-0.39, 0.29) is 6.03 Å². The van der Waals surface area contributed by atoms with Crippen LogP contribution in [0.3, 0.4) is 0 Å². The van der Waals surface area contributed by atoms with Crippen molar-refractivity contribution in [2.24, 2.45) is 0 Å². The van der Waals surface area contributed by atoms with Crippen LogP contribution in [0.2, 0.25) is 0 Å². The van der Waals surface area contributed by atoms with Crippen LogP contribution >= 0.6 is 0 Å². The van der Waals surface area contributed by atoms with E-state index in [0.29, 0.717) is 24.8 Å². The Labute approximate surface area is 189 Å². The lowest BCUT2D eigenvalue weighted by atomic mass is 10.1. The van der Waals surface area contributed by atoms with Gasteiger partial charge in [0.25, 0.3) is 0 Å². The highest BCUT2D eigenvalue weighted by Gasteiger charge is 2.26. The fourth-order valence-corrected chi connectivity index (χ4v) is 4.61.